The summed E-state index contributed by atoms with van der Waals surface area (Å²) < 4.78 is 69.1. The van der Waals surface area contributed by atoms with Crippen molar-refractivity contribution in [3.8, 4) is 0 Å². The number of carbonyl (C=O) groups excluding carboxylic acids is 4. The average molecular weight is 1630 g/mol. The Morgan fingerprint density at radius 1 is 0.250 bits per heavy atom. The molecule has 0 saturated carbocycles. The summed E-state index contributed by atoms with van der Waals surface area (Å²) in [4.78, 5) is 73.5. The van der Waals surface area contributed by atoms with Crippen LogP contribution in [0.25, 0.3) is 0 Å². The minimum Gasteiger partial charge on any atom is -0.462 e. The minimum atomic E-state index is -4.97. The fourth-order valence-corrected chi connectivity index (χ4v) is 16.1. The molecule has 4 unspecified atom stereocenters. The van der Waals surface area contributed by atoms with Crippen molar-refractivity contribution in [1.29, 1.82) is 0 Å². The molecule has 0 aliphatic heterocycles. The predicted octanol–water partition coefficient (Wildman–Crippen LogP) is 28.7. The first kappa shape index (κ1) is 110. The second-order valence-electron chi connectivity index (χ2n) is 34.8. The highest BCUT2D eigenvalue weighted by molar-refractivity contribution is 7.47. The summed E-state index contributed by atoms with van der Waals surface area (Å²) in [7, 11) is -9.94. The molecular formula is C93H182O17P2. The van der Waals surface area contributed by atoms with Gasteiger partial charge in [-0.3, -0.25) is 37.3 Å². The quantitative estimate of drug-likeness (QED) is 0.0222. The largest absolute Gasteiger partial charge is 0.472 e. The lowest BCUT2D eigenvalue weighted by molar-refractivity contribution is -0.161. The van der Waals surface area contributed by atoms with E-state index >= 15 is 0 Å². The number of hydrogen-bond donors (Lipinski definition) is 3. The van der Waals surface area contributed by atoms with E-state index in [2.05, 4.69) is 55.4 Å². The monoisotopic (exact) mass is 1630 g/mol. The van der Waals surface area contributed by atoms with Gasteiger partial charge in [0.2, 0.25) is 0 Å². The number of hydrogen-bond acceptors (Lipinski definition) is 15. The number of aliphatic hydroxyl groups excluding tert-OH is 1. The van der Waals surface area contributed by atoms with E-state index in [9.17, 15) is 43.2 Å². The van der Waals surface area contributed by atoms with E-state index < -0.39 is 97.5 Å². The van der Waals surface area contributed by atoms with Gasteiger partial charge in [-0.2, -0.15) is 0 Å². The summed E-state index contributed by atoms with van der Waals surface area (Å²) in [6.07, 6.45) is 73.6. The van der Waals surface area contributed by atoms with Gasteiger partial charge in [0.15, 0.2) is 12.2 Å². The highest BCUT2D eigenvalue weighted by Gasteiger charge is 2.31. The fraction of sp³-hybridized carbons (Fsp3) is 0.957. The van der Waals surface area contributed by atoms with Crippen LogP contribution in [-0.4, -0.2) is 96.7 Å². The molecule has 0 fully saturated rings. The smallest absolute Gasteiger partial charge is 0.462 e. The maximum absolute atomic E-state index is 13.2. The normalized spacial score (nSPS) is 14.3. The topological polar surface area (TPSA) is 237 Å². The number of esters is 4. The predicted molar refractivity (Wildman–Crippen MR) is 464 cm³/mol. The number of phosphoric ester groups is 2. The van der Waals surface area contributed by atoms with Crippen LogP contribution in [0.4, 0.5) is 0 Å². The molecule has 0 spiro atoms. The summed E-state index contributed by atoms with van der Waals surface area (Å²) >= 11 is 0. The summed E-state index contributed by atoms with van der Waals surface area (Å²) in [5, 5.41) is 10.7. The van der Waals surface area contributed by atoms with Gasteiger partial charge in [0.1, 0.15) is 19.3 Å². The zero-order valence-electron chi connectivity index (χ0n) is 74.3. The lowest BCUT2D eigenvalue weighted by atomic mass is 9.99. The van der Waals surface area contributed by atoms with Gasteiger partial charge in [0, 0.05) is 25.7 Å². The molecule has 0 heterocycles. The lowest BCUT2D eigenvalue weighted by Gasteiger charge is -2.21. The van der Waals surface area contributed by atoms with Crippen LogP contribution in [0, 0.1) is 23.7 Å². The first-order valence-electron chi connectivity index (χ1n) is 47.8. The molecule has 3 N–H and O–H groups in total. The molecule has 0 bridgehead atoms. The molecular weight excluding hydrogens is 1450 g/mol. The first-order chi connectivity index (χ1) is 54.2. The van der Waals surface area contributed by atoms with Crippen LogP contribution in [0.5, 0.6) is 0 Å². The van der Waals surface area contributed by atoms with Crippen molar-refractivity contribution in [2.45, 2.75) is 510 Å². The first-order valence-corrected chi connectivity index (χ1v) is 50.8. The highest BCUT2D eigenvalue weighted by atomic mass is 31.2. The fourth-order valence-electron chi connectivity index (χ4n) is 14.5. The molecule has 0 aromatic heterocycles. The van der Waals surface area contributed by atoms with Gasteiger partial charge < -0.3 is 33.8 Å². The second-order valence-corrected chi connectivity index (χ2v) is 37.7. The van der Waals surface area contributed by atoms with E-state index in [4.69, 9.17) is 37.0 Å². The third-order valence-electron chi connectivity index (χ3n) is 22.5. The SMILES string of the molecule is CCC(C)CCCCCCCCCCCCCCCCCCCCC(=O)O[C@H](COC(=O)CCCCCCCCCCCCCCCCCCC(C)C)COP(=O)(O)OC[C@@H](O)COP(=O)(O)OC[C@@H](COC(=O)CCCCCCCCCCC(C)CC)OC(=O)CCCCCCCCCCCCCCCCCCC(C)C. The van der Waals surface area contributed by atoms with Crippen molar-refractivity contribution in [3.63, 3.8) is 0 Å². The number of rotatable bonds is 90. The van der Waals surface area contributed by atoms with E-state index in [1.165, 1.54) is 295 Å². The zero-order valence-corrected chi connectivity index (χ0v) is 76.1. The molecule has 0 aliphatic rings. The van der Waals surface area contributed by atoms with E-state index in [0.717, 1.165) is 114 Å². The van der Waals surface area contributed by atoms with E-state index in [1.807, 2.05) is 0 Å². The van der Waals surface area contributed by atoms with Crippen LogP contribution in [0.3, 0.4) is 0 Å². The Kier molecular flexibility index (Phi) is 80.0. The van der Waals surface area contributed by atoms with E-state index in [1.54, 1.807) is 0 Å². The van der Waals surface area contributed by atoms with Gasteiger partial charge in [-0.05, 0) is 49.4 Å². The third kappa shape index (κ3) is 83.1. The molecule has 0 rings (SSSR count). The zero-order chi connectivity index (χ0) is 82.3. The van der Waals surface area contributed by atoms with Crippen LogP contribution < -0.4 is 0 Å². The maximum Gasteiger partial charge on any atom is 0.472 e. The summed E-state index contributed by atoms with van der Waals surface area (Å²) in [5.41, 5.74) is 0. The van der Waals surface area contributed by atoms with Crippen LogP contribution in [0.1, 0.15) is 492 Å². The molecule has 0 aliphatic carbocycles. The average Bonchev–Trinajstić information content (AvgIpc) is 0.897. The molecule has 0 aromatic carbocycles. The molecule has 7 atom stereocenters. The second kappa shape index (κ2) is 81.4. The van der Waals surface area contributed by atoms with Crippen molar-refractivity contribution in [2.75, 3.05) is 39.6 Å². The van der Waals surface area contributed by atoms with Gasteiger partial charge >= 0.3 is 39.5 Å². The van der Waals surface area contributed by atoms with Crippen LogP contribution in [0.2, 0.25) is 0 Å². The molecule has 0 amide bonds. The Labute approximate surface area is 689 Å². The molecule has 112 heavy (non-hydrogen) atoms. The number of unbranched alkanes of at least 4 members (excludes halogenated alkanes) is 54. The van der Waals surface area contributed by atoms with Crippen molar-refractivity contribution in [1.82, 2.24) is 0 Å². The Morgan fingerprint density at radius 2 is 0.429 bits per heavy atom. The third-order valence-corrected chi connectivity index (χ3v) is 24.4. The van der Waals surface area contributed by atoms with Gasteiger partial charge in [-0.15, -0.1) is 0 Å². The van der Waals surface area contributed by atoms with E-state index in [0.29, 0.717) is 25.7 Å². The Hall–Kier alpha value is -1.94. The van der Waals surface area contributed by atoms with Crippen LogP contribution in [0.15, 0.2) is 0 Å². The van der Waals surface area contributed by atoms with Crippen LogP contribution in [-0.2, 0) is 65.4 Å². The van der Waals surface area contributed by atoms with Gasteiger partial charge in [-0.1, -0.05) is 441 Å². The Morgan fingerprint density at radius 3 is 0.634 bits per heavy atom. The standard InChI is InChI=1S/C93H182O17P2/c1-9-85(7)71-63-55-47-39-33-27-21-13-11-12-14-23-29-35-41-51-59-67-75-92(97)109-88(79-103-90(95)73-65-57-49-40-34-28-22-17-15-19-25-31-37-45-53-61-69-83(3)4)81-107-111(99,100)105-77-87(94)78-106-112(101,102)108-82-89(80-104-91(96)74-66-58-50-44-43-48-56-64-72-86(8)10-2)110-93(98)76-68-60-52-42-36-30-24-18-16-20-26-32-38-46-54-62-70-84(5)6/h83-89,94H,9-82H2,1-8H3,(H,99,100)(H,101,102)/t85?,86?,87-,88-,89-/m1/s1. The number of aliphatic hydroxyl groups is 1. The summed E-state index contributed by atoms with van der Waals surface area (Å²) in [6.45, 7) is 14.5. The minimum absolute atomic E-state index is 0.108. The van der Waals surface area contributed by atoms with Gasteiger partial charge in [0.25, 0.3) is 0 Å². The highest BCUT2D eigenvalue weighted by Crippen LogP contribution is 2.45. The lowest BCUT2D eigenvalue weighted by Crippen LogP contribution is -2.30. The Balaban J connectivity index is 5.25. The Bertz CT molecular complexity index is 2170. The molecule has 17 nitrogen and oxygen atoms in total. The maximum atomic E-state index is 13.2. The molecule has 0 saturated heterocycles. The van der Waals surface area contributed by atoms with Crippen molar-refractivity contribution < 1.29 is 80.2 Å². The van der Waals surface area contributed by atoms with Crippen LogP contribution >= 0.6 is 15.6 Å². The number of ether oxygens (including phenoxy) is 4. The van der Waals surface area contributed by atoms with Crippen molar-refractivity contribution in [2.24, 2.45) is 23.7 Å². The van der Waals surface area contributed by atoms with Gasteiger partial charge in [-0.25, -0.2) is 9.13 Å². The number of carbonyl (C=O) groups is 4. The summed E-state index contributed by atoms with van der Waals surface area (Å²) in [6, 6.07) is 0. The van der Waals surface area contributed by atoms with Crippen molar-refractivity contribution >= 4 is 39.5 Å². The molecule has 0 radical (unpaired) electrons. The summed E-state index contributed by atoms with van der Waals surface area (Å²) in [5.74, 6) is 1.17. The molecule has 0 aromatic rings. The van der Waals surface area contributed by atoms with E-state index in [-0.39, 0.29) is 25.7 Å². The molecule has 666 valence electrons. The van der Waals surface area contributed by atoms with Crippen molar-refractivity contribution in [3.05, 3.63) is 0 Å². The van der Waals surface area contributed by atoms with Gasteiger partial charge in [0.05, 0.1) is 26.4 Å². The molecule has 19 heteroatoms. The number of phosphoric acid groups is 2.